The third kappa shape index (κ3) is 2.05. The normalized spacial score (nSPS) is 10.6. The number of hydrogen-bond donors (Lipinski definition) is 1. The van der Waals surface area contributed by atoms with Crippen molar-refractivity contribution in [2.24, 2.45) is 0 Å². The van der Waals surface area contributed by atoms with Crippen molar-refractivity contribution in [2.45, 2.75) is 26.3 Å². The molecule has 0 aliphatic carbocycles. The fraction of sp³-hybridized carbons (Fsp3) is 0.571. The molecule has 0 saturated heterocycles. The van der Waals surface area contributed by atoms with Crippen molar-refractivity contribution >= 4 is 5.97 Å². The summed E-state index contributed by atoms with van der Waals surface area (Å²) in [5, 5.41) is 15.9. The molecule has 12 heavy (non-hydrogen) atoms. The summed E-state index contributed by atoms with van der Waals surface area (Å²) in [6.45, 7) is 3.92. The van der Waals surface area contributed by atoms with Gasteiger partial charge in [0.05, 0.1) is 12.1 Å². The van der Waals surface area contributed by atoms with Gasteiger partial charge in [0.2, 0.25) is 0 Å². The van der Waals surface area contributed by atoms with Gasteiger partial charge >= 0.3 is 5.97 Å². The molecule has 0 spiro atoms. The molecule has 0 saturated carbocycles. The van der Waals surface area contributed by atoms with Gasteiger partial charge in [-0.15, -0.1) is 5.10 Å². The minimum Gasteiger partial charge on any atom is -0.481 e. The van der Waals surface area contributed by atoms with Gasteiger partial charge in [0.15, 0.2) is 0 Å². The number of nitrogens with zero attached hydrogens (tertiary/aromatic N) is 3. The summed E-state index contributed by atoms with van der Waals surface area (Å²) < 4.78 is 1.64. The van der Waals surface area contributed by atoms with Crippen LogP contribution in [0.2, 0.25) is 0 Å². The van der Waals surface area contributed by atoms with E-state index in [1.54, 1.807) is 10.9 Å². The van der Waals surface area contributed by atoms with E-state index in [2.05, 4.69) is 10.3 Å². The van der Waals surface area contributed by atoms with E-state index in [4.69, 9.17) is 5.11 Å². The van der Waals surface area contributed by atoms with Crippen LogP contribution in [0.5, 0.6) is 0 Å². The molecule has 0 amide bonds. The highest BCUT2D eigenvalue weighted by Gasteiger charge is 2.06. The van der Waals surface area contributed by atoms with Crippen LogP contribution < -0.4 is 0 Å². The molecule has 5 nitrogen and oxygen atoms in total. The fourth-order valence-electron chi connectivity index (χ4n) is 0.802. The van der Waals surface area contributed by atoms with Gasteiger partial charge in [-0.3, -0.25) is 4.79 Å². The SMILES string of the molecule is CC(C)n1cc(CC(=O)O)nn1. The molecule has 0 atom stereocenters. The van der Waals surface area contributed by atoms with Gasteiger partial charge in [-0.1, -0.05) is 5.21 Å². The molecule has 0 aliphatic rings. The number of aliphatic carboxylic acids is 1. The first-order valence-electron chi connectivity index (χ1n) is 3.72. The molecular weight excluding hydrogens is 158 g/mol. The molecule has 0 bridgehead atoms. The predicted molar refractivity (Wildman–Crippen MR) is 41.7 cm³/mol. The summed E-state index contributed by atoms with van der Waals surface area (Å²) >= 11 is 0. The third-order valence-electron chi connectivity index (χ3n) is 1.42. The van der Waals surface area contributed by atoms with Gasteiger partial charge in [0, 0.05) is 12.2 Å². The Balaban J connectivity index is 2.70. The maximum absolute atomic E-state index is 10.3. The molecule has 1 N–H and O–H groups in total. The van der Waals surface area contributed by atoms with Gasteiger partial charge in [-0.05, 0) is 13.8 Å². The van der Waals surface area contributed by atoms with Crippen molar-refractivity contribution in [1.29, 1.82) is 0 Å². The standard InChI is InChI=1S/C7H11N3O2/c1-5(2)10-4-6(8-9-10)3-7(11)12/h4-5H,3H2,1-2H3,(H,11,12). The van der Waals surface area contributed by atoms with Gasteiger partial charge < -0.3 is 5.11 Å². The summed E-state index contributed by atoms with van der Waals surface area (Å²) in [5.74, 6) is -0.884. The van der Waals surface area contributed by atoms with Crippen LogP contribution in [0.25, 0.3) is 0 Å². The van der Waals surface area contributed by atoms with E-state index in [1.165, 1.54) is 0 Å². The predicted octanol–water partition coefficient (Wildman–Crippen LogP) is 0.486. The number of hydrogen-bond acceptors (Lipinski definition) is 3. The summed E-state index contributed by atoms with van der Waals surface area (Å²) in [6.07, 6.45) is 1.59. The summed E-state index contributed by atoms with van der Waals surface area (Å²) in [5.41, 5.74) is 0.496. The molecule has 66 valence electrons. The minimum atomic E-state index is -0.884. The van der Waals surface area contributed by atoms with E-state index >= 15 is 0 Å². The van der Waals surface area contributed by atoms with Crippen LogP contribution in [0.4, 0.5) is 0 Å². The van der Waals surface area contributed by atoms with Crippen LogP contribution in [0.3, 0.4) is 0 Å². The first-order chi connectivity index (χ1) is 5.59. The number of rotatable bonds is 3. The fourth-order valence-corrected chi connectivity index (χ4v) is 0.802. The van der Waals surface area contributed by atoms with Crippen molar-refractivity contribution < 1.29 is 9.90 Å². The van der Waals surface area contributed by atoms with E-state index in [0.29, 0.717) is 5.69 Å². The molecule has 1 heterocycles. The van der Waals surface area contributed by atoms with E-state index in [-0.39, 0.29) is 12.5 Å². The van der Waals surface area contributed by atoms with Gasteiger partial charge in [0.1, 0.15) is 0 Å². The summed E-state index contributed by atoms with van der Waals surface area (Å²) in [4.78, 5) is 10.3. The lowest BCUT2D eigenvalue weighted by Gasteiger charge is -2.00. The highest BCUT2D eigenvalue weighted by Crippen LogP contribution is 2.02. The Morgan fingerprint density at radius 3 is 2.83 bits per heavy atom. The Morgan fingerprint density at radius 2 is 2.42 bits per heavy atom. The quantitative estimate of drug-likeness (QED) is 0.714. The molecule has 0 fully saturated rings. The van der Waals surface area contributed by atoms with Crippen molar-refractivity contribution in [3.63, 3.8) is 0 Å². The van der Waals surface area contributed by atoms with Crippen LogP contribution in [-0.4, -0.2) is 26.1 Å². The molecule has 0 unspecified atom stereocenters. The van der Waals surface area contributed by atoms with Gasteiger partial charge in [-0.25, -0.2) is 4.68 Å². The Bertz CT molecular complexity index is 280. The second-order valence-electron chi connectivity index (χ2n) is 2.85. The lowest BCUT2D eigenvalue weighted by Crippen LogP contribution is -2.01. The Morgan fingerprint density at radius 1 is 1.75 bits per heavy atom. The number of carboxylic acid groups (broad SMARTS) is 1. The Labute approximate surface area is 70.0 Å². The van der Waals surface area contributed by atoms with Crippen LogP contribution in [0.1, 0.15) is 25.6 Å². The van der Waals surface area contributed by atoms with Crippen molar-refractivity contribution in [1.82, 2.24) is 15.0 Å². The van der Waals surface area contributed by atoms with Crippen LogP contribution in [0, 0.1) is 0 Å². The zero-order valence-corrected chi connectivity index (χ0v) is 7.06. The average molecular weight is 169 g/mol. The lowest BCUT2D eigenvalue weighted by molar-refractivity contribution is -0.136. The number of carboxylic acids is 1. The van der Waals surface area contributed by atoms with E-state index in [1.807, 2.05) is 13.8 Å². The molecule has 1 rings (SSSR count). The molecule has 0 aromatic carbocycles. The number of carbonyl (C=O) groups is 1. The Kier molecular flexibility index (Phi) is 2.42. The molecule has 0 aliphatic heterocycles. The van der Waals surface area contributed by atoms with E-state index < -0.39 is 5.97 Å². The monoisotopic (exact) mass is 169 g/mol. The second kappa shape index (κ2) is 3.34. The summed E-state index contributed by atoms with van der Waals surface area (Å²) in [7, 11) is 0. The smallest absolute Gasteiger partial charge is 0.309 e. The molecular formula is C7H11N3O2. The van der Waals surface area contributed by atoms with E-state index in [9.17, 15) is 4.79 Å². The maximum atomic E-state index is 10.3. The highest BCUT2D eigenvalue weighted by molar-refractivity contribution is 5.69. The Hall–Kier alpha value is -1.39. The van der Waals surface area contributed by atoms with Crippen molar-refractivity contribution in [3.8, 4) is 0 Å². The van der Waals surface area contributed by atoms with Crippen molar-refractivity contribution in [2.75, 3.05) is 0 Å². The summed E-state index contributed by atoms with van der Waals surface area (Å²) in [6, 6.07) is 0.222. The first kappa shape index (κ1) is 8.70. The van der Waals surface area contributed by atoms with Crippen molar-refractivity contribution in [3.05, 3.63) is 11.9 Å². The van der Waals surface area contributed by atoms with E-state index in [0.717, 1.165) is 0 Å². The molecule has 0 radical (unpaired) electrons. The second-order valence-corrected chi connectivity index (χ2v) is 2.85. The molecule has 1 aromatic rings. The van der Waals surface area contributed by atoms with Gasteiger partial charge in [0.25, 0.3) is 0 Å². The van der Waals surface area contributed by atoms with Crippen LogP contribution >= 0.6 is 0 Å². The highest BCUT2D eigenvalue weighted by atomic mass is 16.4. The first-order valence-corrected chi connectivity index (χ1v) is 3.72. The maximum Gasteiger partial charge on any atom is 0.309 e. The van der Waals surface area contributed by atoms with Crippen LogP contribution in [0.15, 0.2) is 6.20 Å². The topological polar surface area (TPSA) is 68.0 Å². The average Bonchev–Trinajstić information content (AvgIpc) is 2.34. The largest absolute Gasteiger partial charge is 0.481 e. The zero-order chi connectivity index (χ0) is 9.14. The zero-order valence-electron chi connectivity index (χ0n) is 7.06. The lowest BCUT2D eigenvalue weighted by atomic mass is 10.3. The van der Waals surface area contributed by atoms with Crippen LogP contribution in [-0.2, 0) is 11.2 Å². The number of aromatic nitrogens is 3. The third-order valence-corrected chi connectivity index (χ3v) is 1.42. The van der Waals surface area contributed by atoms with Gasteiger partial charge in [-0.2, -0.15) is 0 Å². The molecule has 1 aromatic heterocycles. The molecule has 5 heteroatoms. The minimum absolute atomic E-state index is 0.0628.